The molecule has 3 N–H and O–H groups in total. The van der Waals surface area contributed by atoms with Crippen molar-refractivity contribution in [3.8, 4) is 0 Å². The summed E-state index contributed by atoms with van der Waals surface area (Å²) in [7, 11) is 0. The Labute approximate surface area is 298 Å². The monoisotopic (exact) mass is 682 g/mol. The van der Waals surface area contributed by atoms with Crippen LogP contribution in [0.15, 0.2) is 128 Å². The lowest BCUT2D eigenvalue weighted by molar-refractivity contribution is -0.157. The van der Waals surface area contributed by atoms with E-state index in [4.69, 9.17) is 15.2 Å². The molecule has 2 aliphatic rings. The number of carbonyl (C=O) groups excluding carboxylic acids is 2. The van der Waals surface area contributed by atoms with Gasteiger partial charge in [-0.2, -0.15) is 0 Å². The lowest BCUT2D eigenvalue weighted by Gasteiger charge is -2.37. The summed E-state index contributed by atoms with van der Waals surface area (Å²) in [6.07, 6.45) is 4.79. The predicted molar refractivity (Wildman–Crippen MR) is 195 cm³/mol. The Bertz CT molecular complexity index is 1960. The van der Waals surface area contributed by atoms with Crippen LogP contribution in [0.5, 0.6) is 0 Å². The van der Waals surface area contributed by atoms with Gasteiger partial charge in [0.25, 0.3) is 5.91 Å². The van der Waals surface area contributed by atoms with Crippen LogP contribution in [0.1, 0.15) is 46.5 Å². The predicted octanol–water partition coefficient (Wildman–Crippen LogP) is 6.49. The third kappa shape index (κ3) is 7.93. The SMILES string of the molecule is CC1(C)O[C@@H]2[C@@H](O1)[C@@H](Cc1ccccc1)N(Cc1cccc(C(=O)Nc3cnccn3)c1)C(=O)N(Cc1cccc(N)c1)[C@@H]2Cc1ccccc1. The summed E-state index contributed by atoms with van der Waals surface area (Å²) < 4.78 is 13.6. The van der Waals surface area contributed by atoms with Crippen molar-refractivity contribution >= 4 is 23.4 Å². The van der Waals surface area contributed by atoms with E-state index in [1.165, 1.54) is 12.4 Å². The average Bonchev–Trinajstić information content (AvgIpc) is 3.44. The topological polar surface area (TPSA) is 123 Å². The first-order chi connectivity index (χ1) is 24.7. The third-order valence-electron chi connectivity index (χ3n) is 9.44. The molecule has 3 amide bonds. The molecule has 0 saturated carbocycles. The zero-order valence-electron chi connectivity index (χ0n) is 28.8. The summed E-state index contributed by atoms with van der Waals surface area (Å²) in [6, 6.07) is 34.4. The molecule has 10 heteroatoms. The number of nitrogen functional groups attached to an aromatic ring is 1. The Morgan fingerprint density at radius 3 is 1.84 bits per heavy atom. The fourth-order valence-corrected chi connectivity index (χ4v) is 7.20. The van der Waals surface area contributed by atoms with E-state index in [0.717, 1.165) is 22.3 Å². The van der Waals surface area contributed by atoms with E-state index in [2.05, 4.69) is 39.6 Å². The number of anilines is 2. The van der Waals surface area contributed by atoms with Crippen LogP contribution in [0.2, 0.25) is 0 Å². The fourth-order valence-electron chi connectivity index (χ4n) is 7.20. The quantitative estimate of drug-likeness (QED) is 0.162. The third-order valence-corrected chi connectivity index (χ3v) is 9.44. The Morgan fingerprint density at radius 2 is 1.29 bits per heavy atom. The maximum Gasteiger partial charge on any atom is 0.321 e. The normalized spacial score (nSPS) is 21.2. The zero-order chi connectivity index (χ0) is 35.4. The highest BCUT2D eigenvalue weighted by molar-refractivity contribution is 6.03. The summed E-state index contributed by atoms with van der Waals surface area (Å²) in [5.41, 5.74) is 11.2. The smallest absolute Gasteiger partial charge is 0.321 e. The van der Waals surface area contributed by atoms with Gasteiger partial charge < -0.3 is 30.3 Å². The molecular weight excluding hydrogens is 640 g/mol. The number of urea groups is 1. The molecule has 0 spiro atoms. The van der Waals surface area contributed by atoms with E-state index in [0.29, 0.717) is 36.5 Å². The van der Waals surface area contributed by atoms with Crippen molar-refractivity contribution < 1.29 is 19.1 Å². The van der Waals surface area contributed by atoms with Crippen molar-refractivity contribution in [1.82, 2.24) is 19.8 Å². The molecule has 2 aliphatic heterocycles. The minimum Gasteiger partial charge on any atom is -0.399 e. The Morgan fingerprint density at radius 1 is 0.745 bits per heavy atom. The maximum absolute atomic E-state index is 15.3. The highest BCUT2D eigenvalue weighted by Crippen LogP contribution is 2.40. The first-order valence-corrected chi connectivity index (χ1v) is 17.2. The van der Waals surface area contributed by atoms with E-state index < -0.39 is 24.0 Å². The van der Waals surface area contributed by atoms with Crippen molar-refractivity contribution in [2.75, 3.05) is 11.1 Å². The van der Waals surface area contributed by atoms with Gasteiger partial charge in [-0.05, 0) is 73.2 Å². The van der Waals surface area contributed by atoms with Crippen LogP contribution >= 0.6 is 0 Å². The molecule has 4 aromatic carbocycles. The van der Waals surface area contributed by atoms with Gasteiger partial charge in [0.1, 0.15) is 12.2 Å². The first-order valence-electron chi connectivity index (χ1n) is 17.2. The molecule has 0 aliphatic carbocycles. The molecule has 3 heterocycles. The van der Waals surface area contributed by atoms with Gasteiger partial charge in [0, 0.05) is 36.7 Å². The molecule has 51 heavy (non-hydrogen) atoms. The maximum atomic E-state index is 15.3. The van der Waals surface area contributed by atoms with Crippen molar-refractivity contribution in [2.45, 2.75) is 69.9 Å². The van der Waals surface area contributed by atoms with Gasteiger partial charge in [-0.1, -0.05) is 84.9 Å². The highest BCUT2D eigenvalue weighted by atomic mass is 16.8. The first kappa shape index (κ1) is 33.9. The molecule has 0 unspecified atom stereocenters. The summed E-state index contributed by atoms with van der Waals surface area (Å²) >= 11 is 0. The van der Waals surface area contributed by atoms with E-state index in [-0.39, 0.29) is 24.5 Å². The van der Waals surface area contributed by atoms with Crippen LogP contribution in [0.25, 0.3) is 0 Å². The Hall–Kier alpha value is -5.58. The molecule has 0 radical (unpaired) electrons. The van der Waals surface area contributed by atoms with E-state index in [9.17, 15) is 4.79 Å². The average molecular weight is 683 g/mol. The highest BCUT2D eigenvalue weighted by Gasteiger charge is 2.55. The number of nitrogens with two attached hydrogens (primary N) is 1. The minimum absolute atomic E-state index is 0.145. The number of amides is 3. The molecule has 5 aromatic rings. The van der Waals surface area contributed by atoms with Crippen molar-refractivity contribution in [2.24, 2.45) is 0 Å². The summed E-state index contributed by atoms with van der Waals surface area (Å²) in [6.45, 7) is 4.44. The van der Waals surface area contributed by atoms with Crippen LogP contribution in [-0.4, -0.2) is 61.8 Å². The zero-order valence-corrected chi connectivity index (χ0v) is 28.8. The number of hydrogen-bond acceptors (Lipinski definition) is 7. The Kier molecular flexibility index (Phi) is 9.78. The molecule has 4 atom stereocenters. The molecule has 1 aromatic heterocycles. The largest absolute Gasteiger partial charge is 0.399 e. The van der Waals surface area contributed by atoms with Gasteiger partial charge in [-0.15, -0.1) is 0 Å². The van der Waals surface area contributed by atoms with E-state index >= 15 is 4.79 Å². The molecule has 7 rings (SSSR count). The minimum atomic E-state index is -0.882. The van der Waals surface area contributed by atoms with Crippen LogP contribution in [-0.2, 0) is 35.4 Å². The number of ether oxygens (including phenoxy) is 2. The lowest BCUT2D eigenvalue weighted by atomic mass is 9.91. The number of benzene rings is 4. The van der Waals surface area contributed by atoms with Gasteiger partial charge in [0.2, 0.25) is 0 Å². The van der Waals surface area contributed by atoms with Crippen LogP contribution in [0, 0.1) is 0 Å². The van der Waals surface area contributed by atoms with Gasteiger partial charge in [0.05, 0.1) is 18.3 Å². The summed E-state index contributed by atoms with van der Waals surface area (Å²) in [5.74, 6) is -0.847. The van der Waals surface area contributed by atoms with Crippen molar-refractivity contribution in [1.29, 1.82) is 0 Å². The standard InChI is InChI=1S/C41H42N6O4/c1-41(2)50-37-34(23-28-11-5-3-6-12-28)46(26-30-15-9-17-32(21-30)39(48)45-36-25-43-19-20-44-36)40(49)47(27-31-16-10-18-33(42)22-31)35(38(37)51-41)24-29-13-7-4-8-14-29/h3-22,25,34-35,37-38H,23-24,26-27,42H2,1-2H3,(H,44,45,48)/t34-,35-,37+,38+/m1/s1. The molecule has 2 saturated heterocycles. The molecule has 2 fully saturated rings. The van der Waals surface area contributed by atoms with Gasteiger partial charge in [-0.3, -0.25) is 9.78 Å². The van der Waals surface area contributed by atoms with Crippen LogP contribution in [0.3, 0.4) is 0 Å². The van der Waals surface area contributed by atoms with Crippen LogP contribution in [0.4, 0.5) is 16.3 Å². The molecular formula is C41H42N6O4. The Balaban J connectivity index is 1.31. The number of nitrogens with zero attached hydrogens (tertiary/aromatic N) is 4. The van der Waals surface area contributed by atoms with E-state index in [1.54, 1.807) is 12.3 Å². The second-order valence-corrected chi connectivity index (χ2v) is 13.6. The number of nitrogens with one attached hydrogen (secondary N) is 1. The van der Waals surface area contributed by atoms with Crippen molar-refractivity contribution in [3.63, 3.8) is 0 Å². The summed E-state index contributed by atoms with van der Waals surface area (Å²) in [5, 5.41) is 2.81. The number of aromatic nitrogens is 2. The molecule has 260 valence electrons. The number of carbonyl (C=O) groups is 2. The number of rotatable bonds is 10. The number of hydrogen-bond donors (Lipinski definition) is 2. The van der Waals surface area contributed by atoms with Gasteiger partial charge in [-0.25, -0.2) is 9.78 Å². The molecule has 10 nitrogen and oxygen atoms in total. The number of fused-ring (bicyclic) bond motifs is 1. The molecule has 0 bridgehead atoms. The second kappa shape index (κ2) is 14.7. The van der Waals surface area contributed by atoms with E-state index in [1.807, 2.05) is 103 Å². The fraction of sp³-hybridized carbons (Fsp3) is 0.268. The van der Waals surface area contributed by atoms with Gasteiger partial charge >= 0.3 is 6.03 Å². The lowest BCUT2D eigenvalue weighted by Crippen LogP contribution is -2.51. The second-order valence-electron chi connectivity index (χ2n) is 13.6. The van der Waals surface area contributed by atoms with Crippen molar-refractivity contribution in [3.05, 3.63) is 156 Å². The van der Waals surface area contributed by atoms with Gasteiger partial charge in [0.15, 0.2) is 11.6 Å². The summed E-state index contributed by atoms with van der Waals surface area (Å²) in [4.78, 5) is 40.7. The van der Waals surface area contributed by atoms with Crippen LogP contribution < -0.4 is 11.1 Å².